The van der Waals surface area contributed by atoms with Crippen LogP contribution in [-0.2, 0) is 0 Å². The van der Waals surface area contributed by atoms with Crippen LogP contribution in [0, 0.1) is 0 Å². The van der Waals surface area contributed by atoms with Crippen LogP contribution in [0.25, 0.3) is 10.9 Å². The molecule has 1 aliphatic heterocycles. The largest absolute Gasteiger partial charge is 0.494 e. The molecule has 1 aromatic carbocycles. The number of fused-ring (bicyclic) bond motifs is 2. The van der Waals surface area contributed by atoms with Gasteiger partial charge in [0.2, 0.25) is 5.78 Å². The Morgan fingerprint density at radius 3 is 2.90 bits per heavy atom. The van der Waals surface area contributed by atoms with Crippen LogP contribution in [-0.4, -0.2) is 26.6 Å². The molecule has 0 unspecified atom stereocenters. The summed E-state index contributed by atoms with van der Waals surface area (Å²) in [5.41, 5.74) is 1.65. The van der Waals surface area contributed by atoms with Gasteiger partial charge in [0, 0.05) is 22.1 Å². The Morgan fingerprint density at radius 1 is 1.24 bits per heavy atom. The van der Waals surface area contributed by atoms with Crippen LogP contribution in [0.15, 0.2) is 41.5 Å². The van der Waals surface area contributed by atoms with Crippen molar-refractivity contribution in [2.24, 2.45) is 4.99 Å². The highest BCUT2D eigenvalue weighted by Gasteiger charge is 2.30. The zero-order chi connectivity index (χ0) is 14.6. The molecule has 3 heterocycles. The van der Waals surface area contributed by atoms with Crippen molar-refractivity contribution in [3.05, 3.63) is 52.7 Å². The summed E-state index contributed by atoms with van der Waals surface area (Å²) in [6.45, 7) is 0. The van der Waals surface area contributed by atoms with Crippen molar-refractivity contribution < 1.29 is 9.90 Å². The Hall–Kier alpha value is -2.66. The molecule has 0 saturated carbocycles. The molecule has 0 bridgehead atoms. The number of ketones is 1. The number of rotatable bonds is 1. The lowest BCUT2D eigenvalue weighted by atomic mass is 10.0. The molecule has 0 amide bonds. The fraction of sp³-hybridized carbons (Fsp3) is 0. The van der Waals surface area contributed by atoms with Crippen molar-refractivity contribution >= 4 is 39.8 Å². The second-order valence-corrected chi connectivity index (χ2v) is 5.14. The minimum Gasteiger partial charge on any atom is -0.494 e. The Labute approximate surface area is 123 Å². The van der Waals surface area contributed by atoms with E-state index in [4.69, 9.17) is 11.6 Å². The van der Waals surface area contributed by atoms with Crippen molar-refractivity contribution in [2.45, 2.75) is 0 Å². The topological polar surface area (TPSA) is 78.3 Å². The number of aromatic hydroxyl groups is 1. The Balaban J connectivity index is 1.99. The third-order valence-corrected chi connectivity index (χ3v) is 3.68. The van der Waals surface area contributed by atoms with Gasteiger partial charge in [-0.25, -0.2) is 9.98 Å². The van der Waals surface area contributed by atoms with E-state index in [1.807, 2.05) is 0 Å². The fourth-order valence-electron chi connectivity index (χ4n) is 2.51. The van der Waals surface area contributed by atoms with Gasteiger partial charge in [0.05, 0.1) is 11.1 Å². The summed E-state index contributed by atoms with van der Waals surface area (Å²) in [4.78, 5) is 23.6. The van der Waals surface area contributed by atoms with Crippen molar-refractivity contribution in [3.63, 3.8) is 0 Å². The molecule has 0 fully saturated rings. The van der Waals surface area contributed by atoms with Gasteiger partial charge < -0.3 is 10.1 Å². The highest BCUT2D eigenvalue weighted by molar-refractivity contribution is 6.56. The van der Waals surface area contributed by atoms with Crippen molar-refractivity contribution in [2.75, 3.05) is 0 Å². The van der Waals surface area contributed by atoms with E-state index < -0.39 is 0 Å². The third-order valence-electron chi connectivity index (χ3n) is 3.44. The smallest absolute Gasteiger partial charge is 0.216 e. The molecule has 2 N–H and O–H groups in total. The fourth-order valence-corrected chi connectivity index (χ4v) is 2.68. The lowest BCUT2D eigenvalue weighted by Crippen LogP contribution is -2.10. The van der Waals surface area contributed by atoms with Crippen LogP contribution in [0.1, 0.15) is 15.9 Å². The summed E-state index contributed by atoms with van der Waals surface area (Å²) in [5.74, 6) is 0.00901. The number of aliphatic imine (C=N–C) groups is 1. The molecule has 4 rings (SSSR count). The predicted molar refractivity (Wildman–Crippen MR) is 79.7 cm³/mol. The van der Waals surface area contributed by atoms with Crippen molar-refractivity contribution in [1.82, 2.24) is 9.97 Å². The zero-order valence-corrected chi connectivity index (χ0v) is 11.3. The minimum atomic E-state index is -0.255. The van der Waals surface area contributed by atoms with E-state index in [1.54, 1.807) is 36.5 Å². The first-order chi connectivity index (χ1) is 10.1. The maximum atomic E-state index is 12.4. The zero-order valence-electron chi connectivity index (χ0n) is 10.6. The first kappa shape index (κ1) is 12.1. The summed E-state index contributed by atoms with van der Waals surface area (Å²) < 4.78 is 0. The van der Waals surface area contributed by atoms with E-state index in [2.05, 4.69) is 15.0 Å². The van der Waals surface area contributed by atoms with Gasteiger partial charge >= 0.3 is 0 Å². The molecule has 0 radical (unpaired) electrons. The quantitative estimate of drug-likeness (QED) is 0.723. The van der Waals surface area contributed by atoms with E-state index in [1.165, 1.54) is 0 Å². The van der Waals surface area contributed by atoms with Crippen LogP contribution in [0.3, 0.4) is 0 Å². The second kappa shape index (κ2) is 4.17. The number of nitrogens with one attached hydrogen (secondary N) is 1. The molecule has 0 saturated heterocycles. The lowest BCUT2D eigenvalue weighted by molar-refractivity contribution is 0.107. The van der Waals surface area contributed by atoms with E-state index in [-0.39, 0.29) is 17.4 Å². The number of aromatic amines is 1. The standard InChI is InChI=1S/C15H8ClN3O2/c16-7-3-4-10-9(6-7)11(15(21)18-10)12-13(20)8-2-1-5-17-14(8)19-12/h1-6,18,21H. The first-order valence-electron chi connectivity index (χ1n) is 6.24. The molecule has 0 aliphatic carbocycles. The molecular formula is C15H8ClN3O2. The Kier molecular flexibility index (Phi) is 2.40. The summed E-state index contributed by atoms with van der Waals surface area (Å²) in [7, 11) is 0. The first-order valence-corrected chi connectivity index (χ1v) is 6.62. The minimum absolute atomic E-state index is 0.104. The Bertz CT molecular complexity index is 943. The van der Waals surface area contributed by atoms with Crippen LogP contribution in [0.4, 0.5) is 5.82 Å². The number of carbonyl (C=O) groups is 1. The summed E-state index contributed by atoms with van der Waals surface area (Å²) in [6, 6.07) is 8.49. The van der Waals surface area contributed by atoms with Gasteiger partial charge in [-0.1, -0.05) is 11.6 Å². The maximum absolute atomic E-state index is 12.4. The highest BCUT2D eigenvalue weighted by atomic mass is 35.5. The number of H-pyrrole nitrogens is 1. The van der Waals surface area contributed by atoms with Crippen LogP contribution in [0.5, 0.6) is 5.88 Å². The molecule has 0 atom stereocenters. The molecule has 2 aromatic heterocycles. The average molecular weight is 298 g/mol. The lowest BCUT2D eigenvalue weighted by Gasteiger charge is -1.99. The van der Waals surface area contributed by atoms with Crippen molar-refractivity contribution in [1.29, 1.82) is 0 Å². The molecule has 21 heavy (non-hydrogen) atoms. The maximum Gasteiger partial charge on any atom is 0.216 e. The number of aromatic nitrogens is 2. The predicted octanol–water partition coefficient (Wildman–Crippen LogP) is 3.24. The van der Waals surface area contributed by atoms with Crippen LogP contribution < -0.4 is 0 Å². The molecule has 1 aliphatic rings. The third kappa shape index (κ3) is 1.68. The number of halogens is 1. The molecule has 3 aromatic rings. The average Bonchev–Trinajstić information content (AvgIpc) is 2.96. The van der Waals surface area contributed by atoms with Crippen LogP contribution >= 0.6 is 11.6 Å². The SMILES string of the molecule is O=C1C(c2c(O)[nH]c3ccc(Cl)cc23)=Nc2ncccc21. The van der Waals surface area contributed by atoms with Gasteiger partial charge in [-0.2, -0.15) is 0 Å². The number of hydrogen-bond acceptors (Lipinski definition) is 4. The number of nitrogens with zero attached hydrogens (tertiary/aromatic N) is 2. The van der Waals surface area contributed by atoms with Gasteiger partial charge in [-0.3, -0.25) is 4.79 Å². The van der Waals surface area contributed by atoms with Crippen molar-refractivity contribution in [3.8, 4) is 5.88 Å². The molecule has 5 nitrogen and oxygen atoms in total. The molecular weight excluding hydrogens is 290 g/mol. The Morgan fingerprint density at radius 2 is 2.10 bits per heavy atom. The molecule has 0 spiro atoms. The van der Waals surface area contributed by atoms with Gasteiger partial charge in [0.1, 0.15) is 5.71 Å². The second-order valence-electron chi connectivity index (χ2n) is 4.70. The van der Waals surface area contributed by atoms with E-state index in [0.29, 0.717) is 32.9 Å². The van der Waals surface area contributed by atoms with Gasteiger partial charge in [-0.15, -0.1) is 0 Å². The number of hydrogen-bond donors (Lipinski definition) is 2. The van der Waals surface area contributed by atoms with Gasteiger partial charge in [0.15, 0.2) is 11.7 Å². The van der Waals surface area contributed by atoms with E-state index in [9.17, 15) is 9.90 Å². The summed E-state index contributed by atoms with van der Waals surface area (Å²) in [6.07, 6.45) is 1.57. The van der Waals surface area contributed by atoms with Gasteiger partial charge in [0.25, 0.3) is 0 Å². The van der Waals surface area contributed by atoms with Crippen LogP contribution in [0.2, 0.25) is 5.02 Å². The molecule has 102 valence electrons. The normalized spacial score (nSPS) is 13.6. The summed E-state index contributed by atoms with van der Waals surface area (Å²) in [5, 5.41) is 11.3. The number of pyridine rings is 1. The number of carbonyl (C=O) groups excluding carboxylic acids is 1. The van der Waals surface area contributed by atoms with E-state index >= 15 is 0 Å². The summed E-state index contributed by atoms with van der Waals surface area (Å²) >= 11 is 6.00. The van der Waals surface area contributed by atoms with Gasteiger partial charge in [-0.05, 0) is 30.3 Å². The number of benzene rings is 1. The monoisotopic (exact) mass is 297 g/mol. The highest BCUT2D eigenvalue weighted by Crippen LogP contribution is 2.35. The molecule has 6 heteroatoms. The number of Topliss-reactive ketones (excluding diaryl/α,β-unsaturated/α-hetero) is 1. The van der Waals surface area contributed by atoms with E-state index in [0.717, 1.165) is 0 Å².